The SMILES string of the molecule is COC(=O)C[C@H](O)[C@H]1O[C@@H](OC)[C@@H]2OC(C)(C)O[C@@H]21. The van der Waals surface area contributed by atoms with Crippen molar-refractivity contribution in [3.8, 4) is 0 Å². The summed E-state index contributed by atoms with van der Waals surface area (Å²) < 4.78 is 26.7. The molecular weight excluding hydrogens is 256 g/mol. The molecular formula is C12H20O7. The zero-order valence-corrected chi connectivity index (χ0v) is 11.5. The van der Waals surface area contributed by atoms with E-state index in [0.29, 0.717) is 0 Å². The minimum Gasteiger partial charge on any atom is -0.469 e. The summed E-state index contributed by atoms with van der Waals surface area (Å²) in [5.74, 6) is -1.27. The third-order valence-electron chi connectivity index (χ3n) is 3.26. The van der Waals surface area contributed by atoms with Crippen LogP contribution >= 0.6 is 0 Å². The second kappa shape index (κ2) is 5.34. The average Bonchev–Trinajstić information content (AvgIpc) is 2.81. The molecule has 2 aliphatic heterocycles. The molecule has 7 nitrogen and oxygen atoms in total. The summed E-state index contributed by atoms with van der Waals surface area (Å²) in [6.07, 6.45) is -3.39. The molecule has 2 rings (SSSR count). The van der Waals surface area contributed by atoms with Gasteiger partial charge >= 0.3 is 5.97 Å². The van der Waals surface area contributed by atoms with Crippen LogP contribution in [0.4, 0.5) is 0 Å². The van der Waals surface area contributed by atoms with E-state index in [4.69, 9.17) is 18.9 Å². The number of rotatable bonds is 4. The van der Waals surface area contributed by atoms with E-state index >= 15 is 0 Å². The number of ether oxygens (including phenoxy) is 5. The molecule has 0 bridgehead atoms. The summed E-state index contributed by atoms with van der Waals surface area (Å²) in [5, 5.41) is 10.1. The minimum atomic E-state index is -1.03. The van der Waals surface area contributed by atoms with Crippen LogP contribution in [0.3, 0.4) is 0 Å². The van der Waals surface area contributed by atoms with Crippen LogP contribution in [0.25, 0.3) is 0 Å². The van der Waals surface area contributed by atoms with Crippen molar-refractivity contribution in [1.29, 1.82) is 0 Å². The largest absolute Gasteiger partial charge is 0.469 e. The first-order chi connectivity index (χ1) is 8.88. The van der Waals surface area contributed by atoms with E-state index in [-0.39, 0.29) is 6.42 Å². The lowest BCUT2D eigenvalue weighted by Crippen LogP contribution is -2.39. The first kappa shape index (κ1) is 14.7. The molecule has 0 spiro atoms. The van der Waals surface area contributed by atoms with Gasteiger partial charge in [-0.1, -0.05) is 0 Å². The molecule has 2 aliphatic rings. The van der Waals surface area contributed by atoms with Gasteiger partial charge in [-0.05, 0) is 13.8 Å². The molecule has 0 aromatic rings. The Kier molecular flexibility index (Phi) is 4.12. The summed E-state index contributed by atoms with van der Waals surface area (Å²) >= 11 is 0. The van der Waals surface area contributed by atoms with Crippen LogP contribution < -0.4 is 0 Å². The Morgan fingerprint density at radius 1 is 1.32 bits per heavy atom. The molecule has 0 aliphatic carbocycles. The fourth-order valence-electron chi connectivity index (χ4n) is 2.46. The first-order valence-electron chi connectivity index (χ1n) is 6.16. The highest BCUT2D eigenvalue weighted by atomic mass is 16.8. The first-order valence-corrected chi connectivity index (χ1v) is 6.16. The molecule has 1 N–H and O–H groups in total. The Morgan fingerprint density at radius 2 is 1.95 bits per heavy atom. The summed E-state index contributed by atoms with van der Waals surface area (Å²) in [6, 6.07) is 0. The lowest BCUT2D eigenvalue weighted by Gasteiger charge is -2.25. The van der Waals surface area contributed by atoms with Gasteiger partial charge in [-0.15, -0.1) is 0 Å². The number of carbonyl (C=O) groups excluding carboxylic acids is 1. The van der Waals surface area contributed by atoms with Gasteiger partial charge in [0.2, 0.25) is 0 Å². The Labute approximate surface area is 111 Å². The third kappa shape index (κ3) is 2.90. The second-order valence-electron chi connectivity index (χ2n) is 5.12. The van der Waals surface area contributed by atoms with Gasteiger partial charge in [0.25, 0.3) is 0 Å². The number of esters is 1. The van der Waals surface area contributed by atoms with Gasteiger partial charge in [0, 0.05) is 7.11 Å². The molecule has 0 saturated carbocycles. The number of carbonyl (C=O) groups is 1. The maximum Gasteiger partial charge on any atom is 0.308 e. The molecule has 2 saturated heterocycles. The van der Waals surface area contributed by atoms with Gasteiger partial charge in [0.05, 0.1) is 19.6 Å². The molecule has 0 amide bonds. The van der Waals surface area contributed by atoms with Gasteiger partial charge in [-0.25, -0.2) is 0 Å². The fourth-order valence-corrected chi connectivity index (χ4v) is 2.46. The highest BCUT2D eigenvalue weighted by Gasteiger charge is 2.57. The van der Waals surface area contributed by atoms with E-state index in [1.54, 1.807) is 13.8 Å². The molecule has 0 aromatic carbocycles. The summed E-state index contributed by atoms with van der Waals surface area (Å²) in [4.78, 5) is 11.2. The van der Waals surface area contributed by atoms with E-state index in [1.165, 1.54) is 14.2 Å². The van der Waals surface area contributed by atoms with Crippen molar-refractivity contribution in [2.45, 2.75) is 56.8 Å². The summed E-state index contributed by atoms with van der Waals surface area (Å²) in [7, 11) is 2.76. The lowest BCUT2D eigenvalue weighted by atomic mass is 10.0. The second-order valence-corrected chi connectivity index (χ2v) is 5.12. The van der Waals surface area contributed by atoms with Crippen LogP contribution in [0.5, 0.6) is 0 Å². The van der Waals surface area contributed by atoms with Crippen molar-refractivity contribution >= 4 is 5.97 Å². The maximum absolute atomic E-state index is 11.2. The monoisotopic (exact) mass is 276 g/mol. The number of methoxy groups -OCH3 is 2. The average molecular weight is 276 g/mol. The van der Waals surface area contributed by atoms with Crippen molar-refractivity contribution in [3.05, 3.63) is 0 Å². The van der Waals surface area contributed by atoms with Gasteiger partial charge in [0.15, 0.2) is 12.1 Å². The molecule has 0 radical (unpaired) electrons. The Balaban J connectivity index is 2.07. The van der Waals surface area contributed by atoms with Crippen molar-refractivity contribution in [1.82, 2.24) is 0 Å². The number of aliphatic hydroxyl groups excluding tert-OH is 1. The Morgan fingerprint density at radius 3 is 2.53 bits per heavy atom. The molecule has 0 unspecified atom stereocenters. The van der Waals surface area contributed by atoms with Gasteiger partial charge in [-0.2, -0.15) is 0 Å². The molecule has 5 atom stereocenters. The molecule has 19 heavy (non-hydrogen) atoms. The van der Waals surface area contributed by atoms with E-state index in [1.807, 2.05) is 0 Å². The highest BCUT2D eigenvalue weighted by molar-refractivity contribution is 5.69. The highest BCUT2D eigenvalue weighted by Crippen LogP contribution is 2.40. The maximum atomic E-state index is 11.2. The van der Waals surface area contributed by atoms with Crippen LogP contribution in [-0.2, 0) is 28.5 Å². The van der Waals surface area contributed by atoms with Crippen molar-refractivity contribution in [2.24, 2.45) is 0 Å². The summed E-state index contributed by atoms with van der Waals surface area (Å²) in [6.45, 7) is 3.56. The van der Waals surface area contributed by atoms with E-state index in [0.717, 1.165) is 0 Å². The summed E-state index contributed by atoms with van der Waals surface area (Å²) in [5.41, 5.74) is 0. The topological polar surface area (TPSA) is 83.5 Å². The minimum absolute atomic E-state index is 0.162. The molecule has 2 fully saturated rings. The number of aliphatic hydroxyl groups is 1. The van der Waals surface area contributed by atoms with Crippen LogP contribution in [0.15, 0.2) is 0 Å². The standard InChI is InChI=1S/C12H20O7/c1-12(2)18-9-8(6(13)5-7(14)15-3)17-11(16-4)10(9)19-12/h6,8-11,13H,5H2,1-4H3/t6-,8+,9+,10+,11+/m0/s1. The number of hydrogen-bond donors (Lipinski definition) is 1. The van der Waals surface area contributed by atoms with Crippen LogP contribution in [0, 0.1) is 0 Å². The lowest BCUT2D eigenvalue weighted by molar-refractivity contribution is -0.237. The van der Waals surface area contributed by atoms with E-state index < -0.39 is 42.5 Å². The Hall–Kier alpha value is -0.730. The van der Waals surface area contributed by atoms with Crippen LogP contribution in [0.1, 0.15) is 20.3 Å². The third-order valence-corrected chi connectivity index (χ3v) is 3.26. The van der Waals surface area contributed by atoms with Gasteiger partial charge in [-0.3, -0.25) is 4.79 Å². The zero-order valence-electron chi connectivity index (χ0n) is 11.5. The fraction of sp³-hybridized carbons (Fsp3) is 0.917. The molecule has 2 heterocycles. The van der Waals surface area contributed by atoms with E-state index in [9.17, 15) is 9.90 Å². The van der Waals surface area contributed by atoms with Gasteiger partial charge in [0.1, 0.15) is 18.3 Å². The van der Waals surface area contributed by atoms with Crippen molar-refractivity contribution in [3.63, 3.8) is 0 Å². The van der Waals surface area contributed by atoms with Gasteiger partial charge < -0.3 is 28.8 Å². The molecule has 7 heteroatoms. The van der Waals surface area contributed by atoms with Crippen LogP contribution in [-0.4, -0.2) is 61.8 Å². The zero-order chi connectivity index (χ0) is 14.2. The predicted molar refractivity (Wildman–Crippen MR) is 62.1 cm³/mol. The van der Waals surface area contributed by atoms with Crippen molar-refractivity contribution in [2.75, 3.05) is 14.2 Å². The molecule has 0 aromatic heterocycles. The predicted octanol–water partition coefficient (Wildman–Crippen LogP) is -0.198. The Bertz CT molecular complexity index is 343. The van der Waals surface area contributed by atoms with E-state index in [2.05, 4.69) is 4.74 Å². The smallest absolute Gasteiger partial charge is 0.308 e. The van der Waals surface area contributed by atoms with Crippen LogP contribution in [0.2, 0.25) is 0 Å². The number of fused-ring (bicyclic) bond motifs is 1. The number of hydrogen-bond acceptors (Lipinski definition) is 7. The normalized spacial score (nSPS) is 37.9. The molecule has 110 valence electrons. The quantitative estimate of drug-likeness (QED) is 0.712. The van der Waals surface area contributed by atoms with Crippen molar-refractivity contribution < 1.29 is 33.6 Å².